The molecule has 1 heterocycles. The minimum Gasteiger partial charge on any atom is -0.396 e. The number of rotatable bonds is 3. The van der Waals surface area contributed by atoms with E-state index in [0.29, 0.717) is 18.6 Å². The Labute approximate surface area is 69.0 Å². The second-order valence-corrected chi connectivity index (χ2v) is 3.51. The Bertz CT molecular complexity index is 104. The predicted molar refractivity (Wildman–Crippen MR) is 46.5 cm³/mol. The lowest BCUT2D eigenvalue weighted by molar-refractivity contribution is 0.173. The standard InChI is InChI=1S/C9H19NO/c1-2-3-9-6-8(7-11)4-5-10-9/h8-11H,2-7H2,1H3. The van der Waals surface area contributed by atoms with Crippen LogP contribution in [-0.2, 0) is 0 Å². The van der Waals surface area contributed by atoms with E-state index in [0.717, 1.165) is 13.0 Å². The van der Waals surface area contributed by atoms with Crippen LogP contribution >= 0.6 is 0 Å². The molecule has 11 heavy (non-hydrogen) atoms. The SMILES string of the molecule is CCCC1CC(CO)CCN1. The molecule has 1 rings (SSSR count). The monoisotopic (exact) mass is 157 g/mol. The summed E-state index contributed by atoms with van der Waals surface area (Å²) in [5.41, 5.74) is 0. The van der Waals surface area contributed by atoms with Crippen molar-refractivity contribution in [3.05, 3.63) is 0 Å². The molecule has 0 aromatic rings. The third-order valence-electron chi connectivity index (χ3n) is 2.50. The van der Waals surface area contributed by atoms with Crippen LogP contribution in [0.3, 0.4) is 0 Å². The lowest BCUT2D eigenvalue weighted by atomic mass is 9.91. The summed E-state index contributed by atoms with van der Waals surface area (Å²) in [6, 6.07) is 0.672. The van der Waals surface area contributed by atoms with Gasteiger partial charge in [-0.3, -0.25) is 0 Å². The van der Waals surface area contributed by atoms with E-state index in [9.17, 15) is 0 Å². The highest BCUT2D eigenvalue weighted by atomic mass is 16.3. The molecule has 2 heteroatoms. The average Bonchev–Trinajstić information content (AvgIpc) is 2.06. The van der Waals surface area contributed by atoms with Crippen LogP contribution in [0.5, 0.6) is 0 Å². The second-order valence-electron chi connectivity index (χ2n) is 3.51. The maximum atomic E-state index is 8.95. The van der Waals surface area contributed by atoms with Gasteiger partial charge in [0, 0.05) is 12.6 Å². The maximum Gasteiger partial charge on any atom is 0.0460 e. The molecule has 2 atom stereocenters. The Morgan fingerprint density at radius 3 is 3.00 bits per heavy atom. The maximum absolute atomic E-state index is 8.95. The highest BCUT2D eigenvalue weighted by molar-refractivity contribution is 4.77. The van der Waals surface area contributed by atoms with E-state index in [-0.39, 0.29) is 0 Å². The number of piperidine rings is 1. The normalized spacial score (nSPS) is 32.2. The summed E-state index contributed by atoms with van der Waals surface area (Å²) in [4.78, 5) is 0. The van der Waals surface area contributed by atoms with Crippen LogP contribution in [0.15, 0.2) is 0 Å². The van der Waals surface area contributed by atoms with Crippen molar-refractivity contribution < 1.29 is 5.11 Å². The summed E-state index contributed by atoms with van der Waals surface area (Å²) in [7, 11) is 0. The molecule has 66 valence electrons. The molecule has 0 bridgehead atoms. The fourth-order valence-electron chi connectivity index (χ4n) is 1.83. The Kier molecular flexibility index (Phi) is 3.87. The largest absolute Gasteiger partial charge is 0.396 e. The van der Waals surface area contributed by atoms with Crippen LogP contribution in [-0.4, -0.2) is 24.3 Å². The van der Waals surface area contributed by atoms with E-state index in [1.165, 1.54) is 19.3 Å². The summed E-state index contributed by atoms with van der Waals surface area (Å²) in [5, 5.41) is 12.4. The molecular formula is C9H19NO. The van der Waals surface area contributed by atoms with Crippen molar-refractivity contribution in [2.45, 2.75) is 38.6 Å². The van der Waals surface area contributed by atoms with Gasteiger partial charge in [-0.05, 0) is 31.7 Å². The predicted octanol–water partition coefficient (Wildman–Crippen LogP) is 1.15. The van der Waals surface area contributed by atoms with Crippen molar-refractivity contribution >= 4 is 0 Å². The molecule has 2 N–H and O–H groups in total. The number of nitrogens with one attached hydrogen (secondary N) is 1. The van der Waals surface area contributed by atoms with E-state index in [2.05, 4.69) is 12.2 Å². The van der Waals surface area contributed by atoms with Gasteiger partial charge >= 0.3 is 0 Å². The topological polar surface area (TPSA) is 32.3 Å². The molecule has 0 spiro atoms. The Morgan fingerprint density at radius 2 is 2.36 bits per heavy atom. The number of hydrogen-bond acceptors (Lipinski definition) is 2. The van der Waals surface area contributed by atoms with Crippen molar-refractivity contribution in [1.82, 2.24) is 5.32 Å². The summed E-state index contributed by atoms with van der Waals surface area (Å²) in [6.07, 6.45) is 4.83. The first kappa shape index (κ1) is 9.01. The van der Waals surface area contributed by atoms with E-state index >= 15 is 0 Å². The molecule has 2 unspecified atom stereocenters. The van der Waals surface area contributed by atoms with Crippen LogP contribution in [0.4, 0.5) is 0 Å². The van der Waals surface area contributed by atoms with Gasteiger partial charge in [-0.1, -0.05) is 13.3 Å². The number of aliphatic hydroxyl groups excluding tert-OH is 1. The summed E-state index contributed by atoms with van der Waals surface area (Å²) >= 11 is 0. The molecule has 0 amide bonds. The molecule has 1 aliphatic rings. The van der Waals surface area contributed by atoms with Crippen LogP contribution in [0.1, 0.15) is 32.6 Å². The van der Waals surface area contributed by atoms with Crippen molar-refractivity contribution in [3.63, 3.8) is 0 Å². The molecule has 1 saturated heterocycles. The van der Waals surface area contributed by atoms with Crippen molar-refractivity contribution in [2.24, 2.45) is 5.92 Å². The molecule has 0 radical (unpaired) electrons. The fraction of sp³-hybridized carbons (Fsp3) is 1.00. The van der Waals surface area contributed by atoms with Gasteiger partial charge in [0.1, 0.15) is 0 Å². The summed E-state index contributed by atoms with van der Waals surface area (Å²) in [5.74, 6) is 0.563. The zero-order chi connectivity index (χ0) is 8.10. The van der Waals surface area contributed by atoms with Crippen LogP contribution in [0, 0.1) is 5.92 Å². The molecule has 0 aromatic carbocycles. The molecule has 0 aromatic heterocycles. The molecule has 1 aliphatic heterocycles. The fourth-order valence-corrected chi connectivity index (χ4v) is 1.83. The van der Waals surface area contributed by atoms with Crippen LogP contribution < -0.4 is 5.32 Å². The minimum atomic E-state index is 0.377. The van der Waals surface area contributed by atoms with Gasteiger partial charge in [0.25, 0.3) is 0 Å². The van der Waals surface area contributed by atoms with Crippen LogP contribution in [0.2, 0.25) is 0 Å². The first-order valence-corrected chi connectivity index (χ1v) is 4.71. The second kappa shape index (κ2) is 4.73. The van der Waals surface area contributed by atoms with Crippen molar-refractivity contribution in [3.8, 4) is 0 Å². The molecule has 0 saturated carbocycles. The van der Waals surface area contributed by atoms with Gasteiger partial charge < -0.3 is 10.4 Å². The Hall–Kier alpha value is -0.0800. The lowest BCUT2D eigenvalue weighted by Crippen LogP contribution is -2.38. The Morgan fingerprint density at radius 1 is 1.55 bits per heavy atom. The molecule has 2 nitrogen and oxygen atoms in total. The Balaban J connectivity index is 2.21. The third-order valence-corrected chi connectivity index (χ3v) is 2.50. The van der Waals surface area contributed by atoms with Gasteiger partial charge in [0.15, 0.2) is 0 Å². The summed E-state index contributed by atoms with van der Waals surface area (Å²) < 4.78 is 0. The smallest absolute Gasteiger partial charge is 0.0460 e. The lowest BCUT2D eigenvalue weighted by Gasteiger charge is -2.28. The van der Waals surface area contributed by atoms with Crippen molar-refractivity contribution in [1.29, 1.82) is 0 Å². The first-order chi connectivity index (χ1) is 5.36. The molecular weight excluding hydrogens is 138 g/mol. The first-order valence-electron chi connectivity index (χ1n) is 4.71. The van der Waals surface area contributed by atoms with Gasteiger partial charge in [-0.2, -0.15) is 0 Å². The highest BCUT2D eigenvalue weighted by Gasteiger charge is 2.19. The third kappa shape index (κ3) is 2.80. The van der Waals surface area contributed by atoms with E-state index in [1.54, 1.807) is 0 Å². The quantitative estimate of drug-likeness (QED) is 0.644. The summed E-state index contributed by atoms with van der Waals surface area (Å²) in [6.45, 7) is 3.68. The molecule has 0 aliphatic carbocycles. The van der Waals surface area contributed by atoms with Gasteiger partial charge in [-0.15, -0.1) is 0 Å². The van der Waals surface area contributed by atoms with E-state index in [4.69, 9.17) is 5.11 Å². The van der Waals surface area contributed by atoms with Crippen molar-refractivity contribution in [2.75, 3.05) is 13.2 Å². The number of aliphatic hydroxyl groups is 1. The average molecular weight is 157 g/mol. The van der Waals surface area contributed by atoms with Gasteiger partial charge in [-0.25, -0.2) is 0 Å². The highest BCUT2D eigenvalue weighted by Crippen LogP contribution is 2.17. The molecule has 1 fully saturated rings. The van der Waals surface area contributed by atoms with E-state index < -0.39 is 0 Å². The van der Waals surface area contributed by atoms with Gasteiger partial charge in [0.05, 0.1) is 0 Å². The van der Waals surface area contributed by atoms with Gasteiger partial charge in [0.2, 0.25) is 0 Å². The van der Waals surface area contributed by atoms with E-state index in [1.807, 2.05) is 0 Å². The van der Waals surface area contributed by atoms with Crippen LogP contribution in [0.25, 0.3) is 0 Å². The zero-order valence-electron chi connectivity index (χ0n) is 7.34. The number of hydrogen-bond donors (Lipinski definition) is 2. The minimum absolute atomic E-state index is 0.377. The zero-order valence-corrected chi connectivity index (χ0v) is 7.34.